The molecule has 0 bridgehead atoms. The van der Waals surface area contributed by atoms with Crippen molar-refractivity contribution in [3.63, 3.8) is 0 Å². The average molecular weight is 236 g/mol. The molecule has 3 rings (SSSR count). The number of amides is 2. The van der Waals surface area contributed by atoms with Gasteiger partial charge in [-0.1, -0.05) is 0 Å². The van der Waals surface area contributed by atoms with Gasteiger partial charge < -0.3 is 10.6 Å². The summed E-state index contributed by atoms with van der Waals surface area (Å²) in [5.41, 5.74) is 0. The van der Waals surface area contributed by atoms with Crippen LogP contribution in [0.3, 0.4) is 0 Å². The summed E-state index contributed by atoms with van der Waals surface area (Å²) in [6.07, 6.45) is 6.53. The molecule has 1 unspecified atom stereocenters. The van der Waals surface area contributed by atoms with E-state index in [2.05, 4.69) is 10.6 Å². The Bertz CT molecular complexity index is 330. The Kier molecular flexibility index (Phi) is 2.81. The Morgan fingerprint density at radius 3 is 2.06 bits per heavy atom. The smallest absolute Gasteiger partial charge is 0.223 e. The highest BCUT2D eigenvalue weighted by Gasteiger charge is 2.37. The van der Waals surface area contributed by atoms with Crippen molar-refractivity contribution in [2.24, 2.45) is 17.8 Å². The molecule has 3 fully saturated rings. The second kappa shape index (κ2) is 4.31. The van der Waals surface area contributed by atoms with Crippen LogP contribution in [0.2, 0.25) is 0 Å². The fourth-order valence-corrected chi connectivity index (χ4v) is 2.18. The van der Waals surface area contributed by atoms with Crippen molar-refractivity contribution in [3.8, 4) is 0 Å². The van der Waals surface area contributed by atoms with Crippen molar-refractivity contribution in [2.45, 2.75) is 44.6 Å². The molecule has 0 aromatic rings. The molecule has 0 spiro atoms. The maximum atomic E-state index is 11.7. The molecule has 0 saturated heterocycles. The van der Waals surface area contributed by atoms with E-state index in [1.54, 1.807) is 0 Å². The summed E-state index contributed by atoms with van der Waals surface area (Å²) in [6, 6.07) is 0.172. The Balaban J connectivity index is 1.45. The SMILES string of the molecule is O=C(NCC(NC(=O)C1CC1)C1CC1)C1CC1. The summed E-state index contributed by atoms with van der Waals surface area (Å²) in [5.74, 6) is 1.49. The molecule has 0 aromatic heterocycles. The van der Waals surface area contributed by atoms with Crippen molar-refractivity contribution >= 4 is 11.8 Å². The maximum Gasteiger partial charge on any atom is 0.223 e. The molecular weight excluding hydrogens is 216 g/mol. The summed E-state index contributed by atoms with van der Waals surface area (Å²) < 4.78 is 0. The van der Waals surface area contributed by atoms with E-state index in [1.807, 2.05) is 0 Å². The zero-order chi connectivity index (χ0) is 11.8. The van der Waals surface area contributed by atoms with Gasteiger partial charge in [0.1, 0.15) is 0 Å². The highest BCUT2D eigenvalue weighted by atomic mass is 16.2. The fourth-order valence-electron chi connectivity index (χ4n) is 2.18. The lowest BCUT2D eigenvalue weighted by Crippen LogP contribution is -2.45. The van der Waals surface area contributed by atoms with Crippen LogP contribution in [0.1, 0.15) is 38.5 Å². The lowest BCUT2D eigenvalue weighted by Gasteiger charge is -2.18. The summed E-state index contributed by atoms with van der Waals surface area (Å²) >= 11 is 0. The van der Waals surface area contributed by atoms with Crippen molar-refractivity contribution in [1.29, 1.82) is 0 Å². The number of hydrogen-bond acceptors (Lipinski definition) is 2. The van der Waals surface area contributed by atoms with E-state index in [0.29, 0.717) is 12.5 Å². The molecule has 94 valence electrons. The van der Waals surface area contributed by atoms with E-state index in [-0.39, 0.29) is 29.7 Å². The normalized spacial score (nSPS) is 25.2. The van der Waals surface area contributed by atoms with E-state index >= 15 is 0 Å². The van der Waals surface area contributed by atoms with Crippen LogP contribution in [-0.4, -0.2) is 24.4 Å². The van der Waals surface area contributed by atoms with Gasteiger partial charge in [0.15, 0.2) is 0 Å². The van der Waals surface area contributed by atoms with Gasteiger partial charge in [0.2, 0.25) is 11.8 Å². The van der Waals surface area contributed by atoms with Gasteiger partial charge in [-0.3, -0.25) is 9.59 Å². The minimum absolute atomic E-state index is 0.172. The largest absolute Gasteiger partial charge is 0.354 e. The van der Waals surface area contributed by atoms with Crippen LogP contribution in [-0.2, 0) is 9.59 Å². The molecule has 1 atom stereocenters. The van der Waals surface area contributed by atoms with Gasteiger partial charge in [-0.25, -0.2) is 0 Å². The molecular formula is C13H20N2O2. The second-order valence-electron chi connectivity index (χ2n) is 5.75. The topological polar surface area (TPSA) is 58.2 Å². The zero-order valence-corrected chi connectivity index (χ0v) is 10.1. The van der Waals surface area contributed by atoms with Crippen LogP contribution in [0, 0.1) is 17.8 Å². The van der Waals surface area contributed by atoms with Crippen molar-refractivity contribution in [2.75, 3.05) is 6.54 Å². The predicted molar refractivity (Wildman–Crippen MR) is 63.1 cm³/mol. The quantitative estimate of drug-likeness (QED) is 0.717. The highest BCUT2D eigenvalue weighted by Crippen LogP contribution is 2.34. The van der Waals surface area contributed by atoms with Crippen LogP contribution >= 0.6 is 0 Å². The molecule has 3 aliphatic carbocycles. The first-order chi connectivity index (χ1) is 8.24. The molecule has 2 amide bonds. The lowest BCUT2D eigenvalue weighted by atomic mass is 10.1. The Hall–Kier alpha value is -1.06. The summed E-state index contributed by atoms with van der Waals surface area (Å²) in [5, 5.41) is 6.08. The summed E-state index contributed by atoms with van der Waals surface area (Å²) in [6.45, 7) is 0.623. The molecule has 0 radical (unpaired) electrons. The first-order valence-corrected chi connectivity index (χ1v) is 6.82. The zero-order valence-electron chi connectivity index (χ0n) is 10.1. The molecule has 0 aliphatic heterocycles. The molecule has 4 nitrogen and oxygen atoms in total. The predicted octanol–water partition coefficient (Wildman–Crippen LogP) is 0.817. The van der Waals surface area contributed by atoms with Crippen molar-refractivity contribution in [1.82, 2.24) is 10.6 Å². The maximum absolute atomic E-state index is 11.7. The van der Waals surface area contributed by atoms with Crippen LogP contribution in [0.25, 0.3) is 0 Å². The molecule has 4 heteroatoms. The molecule has 2 N–H and O–H groups in total. The molecule has 3 aliphatic rings. The number of carbonyl (C=O) groups excluding carboxylic acids is 2. The van der Waals surface area contributed by atoms with E-state index in [0.717, 1.165) is 25.7 Å². The first-order valence-electron chi connectivity index (χ1n) is 6.82. The number of nitrogens with one attached hydrogen (secondary N) is 2. The van der Waals surface area contributed by atoms with Crippen LogP contribution in [0.5, 0.6) is 0 Å². The number of rotatable bonds is 6. The Labute approximate surface area is 102 Å². The Morgan fingerprint density at radius 1 is 0.941 bits per heavy atom. The van der Waals surface area contributed by atoms with Gasteiger partial charge in [-0.15, -0.1) is 0 Å². The van der Waals surface area contributed by atoms with Crippen molar-refractivity contribution in [3.05, 3.63) is 0 Å². The monoisotopic (exact) mass is 236 g/mol. The second-order valence-corrected chi connectivity index (χ2v) is 5.75. The van der Waals surface area contributed by atoms with E-state index < -0.39 is 0 Å². The fraction of sp³-hybridized carbons (Fsp3) is 0.846. The molecule has 17 heavy (non-hydrogen) atoms. The minimum atomic E-state index is 0.172. The third-order valence-corrected chi connectivity index (χ3v) is 3.91. The molecule has 0 heterocycles. The van der Waals surface area contributed by atoms with E-state index in [9.17, 15) is 9.59 Å². The third-order valence-electron chi connectivity index (χ3n) is 3.91. The van der Waals surface area contributed by atoms with E-state index in [4.69, 9.17) is 0 Å². The van der Waals surface area contributed by atoms with Gasteiger partial charge in [-0.2, -0.15) is 0 Å². The molecule has 3 saturated carbocycles. The van der Waals surface area contributed by atoms with Gasteiger partial charge in [0.25, 0.3) is 0 Å². The first kappa shape index (κ1) is 11.1. The van der Waals surface area contributed by atoms with Gasteiger partial charge in [0.05, 0.1) is 0 Å². The summed E-state index contributed by atoms with van der Waals surface area (Å²) in [7, 11) is 0. The lowest BCUT2D eigenvalue weighted by molar-refractivity contribution is -0.125. The van der Waals surface area contributed by atoms with Crippen LogP contribution in [0.15, 0.2) is 0 Å². The van der Waals surface area contributed by atoms with E-state index in [1.165, 1.54) is 12.8 Å². The standard InChI is InChI=1S/C13H20N2O2/c16-12(9-3-4-9)14-7-11(8-1-2-8)15-13(17)10-5-6-10/h8-11H,1-7H2,(H,14,16)(H,15,17). The van der Waals surface area contributed by atoms with Crippen molar-refractivity contribution < 1.29 is 9.59 Å². The highest BCUT2D eigenvalue weighted by molar-refractivity contribution is 5.82. The minimum Gasteiger partial charge on any atom is -0.354 e. The van der Waals surface area contributed by atoms with Gasteiger partial charge >= 0.3 is 0 Å². The Morgan fingerprint density at radius 2 is 1.53 bits per heavy atom. The average Bonchev–Trinajstić information content (AvgIpc) is 3.19. The van der Waals surface area contributed by atoms with Crippen LogP contribution in [0.4, 0.5) is 0 Å². The summed E-state index contributed by atoms with van der Waals surface area (Å²) in [4.78, 5) is 23.3. The van der Waals surface area contributed by atoms with Gasteiger partial charge in [-0.05, 0) is 44.4 Å². The third kappa shape index (κ3) is 2.99. The van der Waals surface area contributed by atoms with Gasteiger partial charge in [0, 0.05) is 24.4 Å². The number of carbonyl (C=O) groups is 2. The van der Waals surface area contributed by atoms with Crippen LogP contribution < -0.4 is 10.6 Å². The number of hydrogen-bond donors (Lipinski definition) is 2. The molecule has 0 aromatic carbocycles.